The molecule has 0 unspecified atom stereocenters. The van der Waals surface area contributed by atoms with Crippen LogP contribution >= 0.6 is 0 Å². The van der Waals surface area contributed by atoms with Crippen LogP contribution in [0.3, 0.4) is 0 Å². The summed E-state index contributed by atoms with van der Waals surface area (Å²) in [6.07, 6.45) is 4.11. The summed E-state index contributed by atoms with van der Waals surface area (Å²) in [6.45, 7) is 6.59. The lowest BCUT2D eigenvalue weighted by Gasteiger charge is -2.36. The summed E-state index contributed by atoms with van der Waals surface area (Å²) in [5.74, 6) is 1.57. The number of primary amides is 1. The maximum Gasteiger partial charge on any atom is 0.321 e. The number of aryl methyl sites for hydroxylation is 1. The summed E-state index contributed by atoms with van der Waals surface area (Å²) in [4.78, 5) is 18.5. The number of piperazine rings is 1. The molecule has 0 saturated carbocycles. The lowest BCUT2D eigenvalue weighted by atomic mass is 10.0. The van der Waals surface area contributed by atoms with Crippen LogP contribution < -0.4 is 20.3 Å². The molecular formula is C26H32N4O3. The van der Waals surface area contributed by atoms with Gasteiger partial charge in [0.2, 0.25) is 5.88 Å². The largest absolute Gasteiger partial charge is 0.493 e. The van der Waals surface area contributed by atoms with E-state index in [2.05, 4.69) is 28.0 Å². The van der Waals surface area contributed by atoms with Crippen molar-refractivity contribution in [2.75, 3.05) is 55.7 Å². The normalized spacial score (nSPS) is 16.4. The first-order valence-corrected chi connectivity index (χ1v) is 12.0. The highest BCUT2D eigenvalue weighted by Crippen LogP contribution is 2.30. The summed E-state index contributed by atoms with van der Waals surface area (Å²) in [5.41, 5.74) is 9.04. The third-order valence-corrected chi connectivity index (χ3v) is 6.68. The second-order valence-electron chi connectivity index (χ2n) is 8.89. The van der Waals surface area contributed by atoms with Crippen molar-refractivity contribution in [3.63, 3.8) is 0 Å². The molecule has 1 fully saturated rings. The number of benzene rings is 2. The number of unbranched alkanes of at least 4 members (excludes halogenated alkanes) is 1. The van der Waals surface area contributed by atoms with Gasteiger partial charge >= 0.3 is 6.03 Å². The van der Waals surface area contributed by atoms with E-state index in [4.69, 9.17) is 14.9 Å². The molecule has 0 bridgehead atoms. The topological polar surface area (TPSA) is 75.2 Å². The van der Waals surface area contributed by atoms with Crippen molar-refractivity contribution in [2.45, 2.75) is 25.7 Å². The summed E-state index contributed by atoms with van der Waals surface area (Å²) in [6, 6.07) is 15.8. The van der Waals surface area contributed by atoms with Crippen LogP contribution in [0.5, 0.6) is 5.75 Å². The van der Waals surface area contributed by atoms with Gasteiger partial charge in [0.1, 0.15) is 11.3 Å². The molecule has 3 heterocycles. The van der Waals surface area contributed by atoms with E-state index >= 15 is 0 Å². The number of hydrogen-bond donors (Lipinski definition) is 1. The number of urea groups is 1. The molecule has 33 heavy (non-hydrogen) atoms. The van der Waals surface area contributed by atoms with Crippen LogP contribution in [0, 0.1) is 0 Å². The number of carbonyl (C=O) groups excluding carboxylic acids is 1. The number of hydrogen-bond acceptors (Lipinski definition) is 5. The van der Waals surface area contributed by atoms with Crippen LogP contribution in [0.2, 0.25) is 0 Å². The zero-order valence-electron chi connectivity index (χ0n) is 19.0. The minimum absolute atomic E-state index is 0.474. The number of nitrogens with zero attached hydrogens (tertiary/aromatic N) is 3. The lowest BCUT2D eigenvalue weighted by molar-refractivity contribution is 0.248. The Morgan fingerprint density at radius 1 is 1.03 bits per heavy atom. The first kappa shape index (κ1) is 21.6. The molecule has 2 aromatic carbocycles. The number of amides is 2. The van der Waals surface area contributed by atoms with E-state index < -0.39 is 6.03 Å². The molecule has 5 rings (SSSR count). The van der Waals surface area contributed by atoms with Gasteiger partial charge in [0.25, 0.3) is 0 Å². The molecule has 0 radical (unpaired) electrons. The predicted octanol–water partition coefficient (Wildman–Crippen LogP) is 4.25. The van der Waals surface area contributed by atoms with Gasteiger partial charge in [-0.1, -0.05) is 18.2 Å². The monoisotopic (exact) mass is 448 g/mol. The fourth-order valence-corrected chi connectivity index (χ4v) is 4.81. The van der Waals surface area contributed by atoms with E-state index in [0.29, 0.717) is 12.4 Å². The molecule has 2 N–H and O–H groups in total. The van der Waals surface area contributed by atoms with Crippen LogP contribution in [-0.2, 0) is 6.42 Å². The van der Waals surface area contributed by atoms with Gasteiger partial charge in [-0.25, -0.2) is 4.79 Å². The van der Waals surface area contributed by atoms with E-state index in [1.54, 1.807) is 0 Å². The molecule has 3 aromatic rings. The van der Waals surface area contributed by atoms with Crippen molar-refractivity contribution >= 4 is 28.6 Å². The molecule has 7 nitrogen and oxygen atoms in total. The standard InChI is InChI=1S/C26H32N4O3/c27-26(31)30(25-19-21-6-1-2-8-24(21)33-25)12-4-3-11-28-13-15-29(16-14-28)22-9-10-23-20(18-22)7-5-17-32-23/h1-2,6,8-10,18-19H,3-5,7,11-17H2,(H2,27,31). The molecule has 1 aromatic heterocycles. The molecule has 0 atom stereocenters. The Bertz CT molecular complexity index is 1070. The highest BCUT2D eigenvalue weighted by Gasteiger charge is 2.20. The molecule has 174 valence electrons. The molecule has 2 aliphatic rings. The van der Waals surface area contributed by atoms with E-state index in [1.807, 2.05) is 30.3 Å². The van der Waals surface area contributed by atoms with E-state index in [0.717, 1.165) is 81.7 Å². The molecule has 7 heteroatoms. The van der Waals surface area contributed by atoms with Crippen LogP contribution in [-0.4, -0.2) is 56.8 Å². The fraction of sp³-hybridized carbons (Fsp3) is 0.423. The Kier molecular flexibility index (Phi) is 6.39. The third kappa shape index (κ3) is 4.93. The van der Waals surface area contributed by atoms with Gasteiger partial charge in [-0.3, -0.25) is 9.80 Å². The Hall–Kier alpha value is -3.19. The van der Waals surface area contributed by atoms with E-state index in [-0.39, 0.29) is 0 Å². The van der Waals surface area contributed by atoms with Crippen LogP contribution in [0.4, 0.5) is 16.4 Å². The Labute approximate surface area is 194 Å². The molecule has 0 aliphatic carbocycles. The number of para-hydroxylation sites is 1. The van der Waals surface area contributed by atoms with Gasteiger partial charge in [0.05, 0.1) is 6.61 Å². The number of fused-ring (bicyclic) bond motifs is 2. The fourth-order valence-electron chi connectivity index (χ4n) is 4.81. The van der Waals surface area contributed by atoms with Crippen molar-refractivity contribution in [1.82, 2.24) is 4.90 Å². The first-order valence-electron chi connectivity index (χ1n) is 12.0. The van der Waals surface area contributed by atoms with Gasteiger partial charge in [0.15, 0.2) is 0 Å². The van der Waals surface area contributed by atoms with Gasteiger partial charge in [-0.05, 0) is 62.1 Å². The zero-order valence-corrected chi connectivity index (χ0v) is 19.0. The zero-order chi connectivity index (χ0) is 22.6. The molecule has 0 spiro atoms. The minimum atomic E-state index is -0.474. The maximum atomic E-state index is 12.0. The van der Waals surface area contributed by atoms with Crippen LogP contribution in [0.1, 0.15) is 24.8 Å². The smallest absolute Gasteiger partial charge is 0.321 e. The van der Waals surface area contributed by atoms with E-state index in [1.165, 1.54) is 16.2 Å². The second-order valence-corrected chi connectivity index (χ2v) is 8.89. The Morgan fingerprint density at radius 2 is 1.88 bits per heavy atom. The molecule has 2 amide bonds. The third-order valence-electron chi connectivity index (χ3n) is 6.68. The van der Waals surface area contributed by atoms with Crippen molar-refractivity contribution < 1.29 is 13.9 Å². The van der Waals surface area contributed by atoms with Crippen LogP contribution in [0.25, 0.3) is 11.0 Å². The first-order chi connectivity index (χ1) is 16.2. The lowest BCUT2D eigenvalue weighted by Crippen LogP contribution is -2.46. The number of rotatable bonds is 7. The van der Waals surface area contributed by atoms with Gasteiger partial charge in [0, 0.05) is 49.9 Å². The van der Waals surface area contributed by atoms with Crippen molar-refractivity contribution in [3.8, 4) is 5.75 Å². The molecule has 1 saturated heterocycles. The summed E-state index contributed by atoms with van der Waals surface area (Å²) in [7, 11) is 0. The summed E-state index contributed by atoms with van der Waals surface area (Å²) in [5, 5.41) is 0.975. The second kappa shape index (κ2) is 9.75. The van der Waals surface area contributed by atoms with Gasteiger partial charge in [-0.2, -0.15) is 0 Å². The quantitative estimate of drug-likeness (QED) is 0.547. The number of ether oxygens (including phenoxy) is 1. The number of nitrogens with two attached hydrogens (primary N) is 1. The Balaban J connectivity index is 1.08. The molecular weight excluding hydrogens is 416 g/mol. The Morgan fingerprint density at radius 3 is 2.70 bits per heavy atom. The van der Waals surface area contributed by atoms with Crippen molar-refractivity contribution in [3.05, 3.63) is 54.1 Å². The highest BCUT2D eigenvalue weighted by atomic mass is 16.5. The summed E-state index contributed by atoms with van der Waals surface area (Å²) >= 11 is 0. The van der Waals surface area contributed by atoms with E-state index in [9.17, 15) is 4.79 Å². The predicted molar refractivity (Wildman–Crippen MR) is 131 cm³/mol. The van der Waals surface area contributed by atoms with Crippen molar-refractivity contribution in [2.24, 2.45) is 5.73 Å². The van der Waals surface area contributed by atoms with Crippen LogP contribution in [0.15, 0.2) is 52.9 Å². The highest BCUT2D eigenvalue weighted by molar-refractivity contribution is 5.92. The molecule has 2 aliphatic heterocycles. The number of furan rings is 1. The summed E-state index contributed by atoms with van der Waals surface area (Å²) < 4.78 is 11.6. The van der Waals surface area contributed by atoms with Gasteiger partial charge < -0.3 is 19.8 Å². The number of anilines is 2. The average molecular weight is 449 g/mol. The maximum absolute atomic E-state index is 12.0. The number of carbonyl (C=O) groups is 1. The minimum Gasteiger partial charge on any atom is -0.493 e. The average Bonchev–Trinajstić information content (AvgIpc) is 3.27. The van der Waals surface area contributed by atoms with Gasteiger partial charge in [-0.15, -0.1) is 0 Å². The SMILES string of the molecule is NC(=O)N(CCCCN1CCN(c2ccc3c(c2)CCCO3)CC1)c1cc2ccccc2o1. The van der Waals surface area contributed by atoms with Crippen molar-refractivity contribution in [1.29, 1.82) is 0 Å².